The zero-order valence-corrected chi connectivity index (χ0v) is 33.9. The Bertz CT molecular complexity index is 1730. The van der Waals surface area contributed by atoms with E-state index in [1.165, 1.54) is 0 Å². The average Bonchev–Trinajstić information content (AvgIpc) is 3.15. The normalized spacial score (nSPS) is 20.4. The van der Waals surface area contributed by atoms with Crippen molar-refractivity contribution in [2.75, 3.05) is 56.6 Å². The number of aliphatic hydroxyl groups excluding tert-OH is 3. The van der Waals surface area contributed by atoms with Crippen LogP contribution in [0.1, 0.15) is 65.4 Å². The molecule has 1 saturated heterocycles. The third-order valence-electron chi connectivity index (χ3n) is 8.87. The zero-order chi connectivity index (χ0) is 43.0. The number of carbonyl (C=O) groups excluding carboxylic acids is 3. The SMILES string of the molecule is CC(=O)N[C@H]1[C@H]([C@H](O)[C@H](O)CNC(=O)Cc2ccc(Cl)cc2)O[C@@](OCCCCCCNc2c(NCCOCCNC(=O)OC(C)(C)C)c(=O)c2=O)(C(=O)O)C[C@@H]1O. The Kier molecular flexibility index (Phi) is 18.8. The first kappa shape index (κ1) is 48.0. The number of hydrogen-bond acceptors (Lipinski definition) is 15. The highest BCUT2D eigenvalue weighted by Crippen LogP contribution is 2.34. The van der Waals surface area contributed by atoms with Gasteiger partial charge >= 0.3 is 12.1 Å². The third-order valence-corrected chi connectivity index (χ3v) is 9.12. The number of halogens is 1. The molecule has 0 bridgehead atoms. The van der Waals surface area contributed by atoms with Gasteiger partial charge in [0.05, 0.1) is 44.5 Å². The van der Waals surface area contributed by atoms with E-state index in [4.69, 9.17) is 30.5 Å². The molecule has 0 radical (unpaired) electrons. The Morgan fingerprint density at radius 2 is 1.53 bits per heavy atom. The first-order valence-electron chi connectivity index (χ1n) is 19.1. The lowest BCUT2D eigenvalue weighted by atomic mass is 9.88. The van der Waals surface area contributed by atoms with Crippen LogP contribution in [-0.4, -0.2) is 132 Å². The number of aliphatic carboxylic acids is 1. The van der Waals surface area contributed by atoms with Gasteiger partial charge in [-0.05, 0) is 51.3 Å². The van der Waals surface area contributed by atoms with E-state index in [1.807, 2.05) is 0 Å². The number of unbranched alkanes of at least 4 members (excludes halogenated alkanes) is 3. The van der Waals surface area contributed by atoms with E-state index in [0.29, 0.717) is 42.8 Å². The molecule has 3 amide bonds. The van der Waals surface area contributed by atoms with Crippen molar-refractivity contribution in [1.82, 2.24) is 16.0 Å². The Balaban J connectivity index is 1.42. The number of carboxylic acids is 1. The number of carbonyl (C=O) groups is 4. The molecule has 20 heteroatoms. The highest BCUT2D eigenvalue weighted by molar-refractivity contribution is 6.30. The molecule has 1 heterocycles. The summed E-state index contributed by atoms with van der Waals surface area (Å²) >= 11 is 5.88. The molecule has 0 spiro atoms. The summed E-state index contributed by atoms with van der Waals surface area (Å²) in [5, 5.41) is 56.8. The Morgan fingerprint density at radius 1 is 0.914 bits per heavy atom. The second-order valence-electron chi connectivity index (χ2n) is 14.9. The van der Waals surface area contributed by atoms with Crippen molar-refractivity contribution in [3.63, 3.8) is 0 Å². The molecule has 6 atom stereocenters. The minimum atomic E-state index is -2.44. The average molecular weight is 842 g/mol. The highest BCUT2D eigenvalue weighted by Gasteiger charge is 2.55. The molecule has 1 aliphatic heterocycles. The summed E-state index contributed by atoms with van der Waals surface area (Å²) in [4.78, 5) is 72.8. The number of benzene rings is 1. The van der Waals surface area contributed by atoms with Gasteiger partial charge in [0.1, 0.15) is 29.2 Å². The molecular weight excluding hydrogens is 786 g/mol. The highest BCUT2D eigenvalue weighted by atomic mass is 35.5. The molecule has 9 N–H and O–H groups in total. The number of rotatable bonds is 24. The largest absolute Gasteiger partial charge is 0.477 e. The number of aliphatic hydroxyl groups is 3. The summed E-state index contributed by atoms with van der Waals surface area (Å²) in [5.41, 5.74) is -0.901. The zero-order valence-electron chi connectivity index (χ0n) is 33.1. The third kappa shape index (κ3) is 15.1. The molecule has 1 aliphatic rings. The van der Waals surface area contributed by atoms with Crippen LogP contribution in [0.2, 0.25) is 5.02 Å². The summed E-state index contributed by atoms with van der Waals surface area (Å²) < 4.78 is 22.0. The van der Waals surface area contributed by atoms with Crippen molar-refractivity contribution in [2.45, 2.75) is 108 Å². The molecule has 1 fully saturated rings. The molecule has 2 aromatic carbocycles. The lowest BCUT2D eigenvalue weighted by Gasteiger charge is -2.46. The predicted octanol–water partition coefficient (Wildman–Crippen LogP) is 0.394. The minimum Gasteiger partial charge on any atom is -0.477 e. The first-order chi connectivity index (χ1) is 27.3. The van der Waals surface area contributed by atoms with Gasteiger partial charge in [-0.25, -0.2) is 9.59 Å². The van der Waals surface area contributed by atoms with Gasteiger partial charge in [-0.2, -0.15) is 0 Å². The van der Waals surface area contributed by atoms with Gasteiger partial charge in [0.15, 0.2) is 0 Å². The maximum Gasteiger partial charge on any atom is 0.407 e. The lowest BCUT2D eigenvalue weighted by Crippen LogP contribution is -2.68. The van der Waals surface area contributed by atoms with Crippen molar-refractivity contribution < 1.29 is 58.6 Å². The number of carboxylic acid groups (broad SMARTS) is 1. The second kappa shape index (κ2) is 22.7. The number of anilines is 2. The molecule has 324 valence electrons. The molecular formula is C38H56ClN5O14. The Hall–Kier alpha value is -4.37. The standard InChI is InChI=1S/C38H56ClN5O14/c1-22(45)44-28-25(46)20-38(35(52)53,57-34(28)31(49)26(47)21-43-27(48)19-23-9-11-24(39)12-10-23)56-16-8-6-5-7-13-40-29-30(33(51)32(29)50)41-14-17-55-18-15-42-36(54)58-37(2,3)4/h9-12,25-26,28,31,34,40-41,46-47,49H,5-8,13-21H2,1-4H3,(H,42,54)(H,43,48)(H,44,45)(H,52,53)/t25-,26+,28+,31+,34+,38+/m0/s1. The number of amides is 3. The van der Waals surface area contributed by atoms with E-state index < -0.39 is 89.5 Å². The fraction of sp³-hybridized carbons (Fsp3) is 0.632. The van der Waals surface area contributed by atoms with Crippen molar-refractivity contribution in [2.24, 2.45) is 0 Å². The number of nitrogens with one attached hydrogen (secondary N) is 5. The van der Waals surface area contributed by atoms with Gasteiger partial charge < -0.3 is 66.0 Å². The second-order valence-corrected chi connectivity index (χ2v) is 15.3. The first-order valence-corrected chi connectivity index (χ1v) is 19.4. The number of hydrogen-bond donors (Lipinski definition) is 9. The van der Waals surface area contributed by atoms with Crippen LogP contribution in [0, 0.1) is 0 Å². The maximum atomic E-state index is 12.5. The van der Waals surface area contributed by atoms with Gasteiger partial charge in [-0.3, -0.25) is 19.2 Å². The fourth-order valence-electron chi connectivity index (χ4n) is 6.01. The Labute approximate surface area is 340 Å². The summed E-state index contributed by atoms with van der Waals surface area (Å²) in [6.45, 7) is 7.12. The van der Waals surface area contributed by atoms with Crippen molar-refractivity contribution in [3.05, 3.63) is 55.3 Å². The molecule has 2 aromatic rings. The molecule has 3 rings (SSSR count). The van der Waals surface area contributed by atoms with E-state index in [9.17, 15) is 49.2 Å². The quantitative estimate of drug-likeness (QED) is 0.0511. The molecule has 58 heavy (non-hydrogen) atoms. The van der Waals surface area contributed by atoms with Crippen LogP contribution in [0.25, 0.3) is 0 Å². The van der Waals surface area contributed by atoms with E-state index in [-0.39, 0.29) is 50.7 Å². The van der Waals surface area contributed by atoms with Crippen LogP contribution in [-0.2, 0) is 39.8 Å². The smallest absolute Gasteiger partial charge is 0.407 e. The molecule has 0 unspecified atom stereocenters. The minimum absolute atomic E-state index is 0.0474. The van der Waals surface area contributed by atoms with E-state index in [1.54, 1.807) is 45.0 Å². The molecule has 19 nitrogen and oxygen atoms in total. The fourth-order valence-corrected chi connectivity index (χ4v) is 6.13. The summed E-state index contributed by atoms with van der Waals surface area (Å²) in [7, 11) is 0. The molecule has 0 saturated carbocycles. The van der Waals surface area contributed by atoms with Crippen LogP contribution < -0.4 is 37.4 Å². The molecule has 0 aromatic heterocycles. The van der Waals surface area contributed by atoms with Gasteiger partial charge in [0, 0.05) is 44.5 Å². The summed E-state index contributed by atoms with van der Waals surface area (Å²) in [6, 6.07) is 5.21. The topological polar surface area (TPSA) is 280 Å². The van der Waals surface area contributed by atoms with Crippen molar-refractivity contribution in [3.8, 4) is 0 Å². The van der Waals surface area contributed by atoms with Gasteiger partial charge in [0.2, 0.25) is 11.8 Å². The van der Waals surface area contributed by atoms with Crippen molar-refractivity contribution >= 4 is 46.9 Å². The summed E-state index contributed by atoms with van der Waals surface area (Å²) in [6.07, 6.45) is -5.87. The maximum absolute atomic E-state index is 12.5. The van der Waals surface area contributed by atoms with Crippen LogP contribution in [0.3, 0.4) is 0 Å². The predicted molar refractivity (Wildman–Crippen MR) is 211 cm³/mol. The number of alkyl carbamates (subject to hydrolysis) is 1. The van der Waals surface area contributed by atoms with E-state index >= 15 is 0 Å². The van der Waals surface area contributed by atoms with Crippen molar-refractivity contribution in [1.29, 1.82) is 0 Å². The lowest BCUT2D eigenvalue weighted by molar-refractivity contribution is -0.310. The van der Waals surface area contributed by atoms with Crippen LogP contribution in [0.4, 0.5) is 16.2 Å². The van der Waals surface area contributed by atoms with Gasteiger partial charge in [-0.15, -0.1) is 0 Å². The van der Waals surface area contributed by atoms with E-state index in [0.717, 1.165) is 6.92 Å². The van der Waals surface area contributed by atoms with Gasteiger partial charge in [0.25, 0.3) is 16.6 Å². The van der Waals surface area contributed by atoms with Crippen LogP contribution >= 0.6 is 11.6 Å². The van der Waals surface area contributed by atoms with E-state index in [2.05, 4.69) is 26.6 Å². The van der Waals surface area contributed by atoms with Gasteiger partial charge in [-0.1, -0.05) is 36.6 Å². The number of ether oxygens (including phenoxy) is 4. The Morgan fingerprint density at radius 3 is 2.16 bits per heavy atom. The molecule has 0 aliphatic carbocycles. The monoisotopic (exact) mass is 841 g/mol. The van der Waals surface area contributed by atoms with Crippen LogP contribution in [0.15, 0.2) is 33.9 Å². The van der Waals surface area contributed by atoms with Crippen LogP contribution in [0.5, 0.6) is 0 Å². The summed E-state index contributed by atoms with van der Waals surface area (Å²) in [5.74, 6) is -5.13.